The molecular formula is C9H9NO3. The molecular weight excluding hydrogens is 170 g/mol. The van der Waals surface area contributed by atoms with Crippen molar-refractivity contribution in [2.75, 3.05) is 0 Å². The van der Waals surface area contributed by atoms with Crippen LogP contribution in [0, 0.1) is 10.1 Å². The molecule has 0 unspecified atom stereocenters. The van der Waals surface area contributed by atoms with Crippen LogP contribution < -0.4 is 0 Å². The molecule has 4 nitrogen and oxygen atoms in total. The molecule has 0 fully saturated rings. The molecule has 0 spiro atoms. The number of nitro groups is 1. The summed E-state index contributed by atoms with van der Waals surface area (Å²) < 4.78 is 5.03. The highest BCUT2D eigenvalue weighted by atomic mass is 16.6. The van der Waals surface area contributed by atoms with E-state index < -0.39 is 4.92 Å². The summed E-state index contributed by atoms with van der Waals surface area (Å²) in [5.41, 5.74) is 0.770. The van der Waals surface area contributed by atoms with Gasteiger partial charge < -0.3 is 4.42 Å². The fraction of sp³-hybridized carbons (Fsp3) is 0.111. The van der Waals surface area contributed by atoms with E-state index in [0.717, 1.165) is 11.8 Å². The van der Waals surface area contributed by atoms with Crippen molar-refractivity contribution >= 4 is 6.08 Å². The normalized spacial score (nSPS) is 12.2. The Morgan fingerprint density at radius 2 is 2.46 bits per heavy atom. The third kappa shape index (κ3) is 3.37. The first-order valence-electron chi connectivity index (χ1n) is 3.72. The summed E-state index contributed by atoms with van der Waals surface area (Å²) in [5.74, 6) is 0.686. The highest BCUT2D eigenvalue weighted by Crippen LogP contribution is 2.07. The van der Waals surface area contributed by atoms with Crippen molar-refractivity contribution in [3.63, 3.8) is 0 Å². The number of rotatable bonds is 3. The van der Waals surface area contributed by atoms with Crippen molar-refractivity contribution in [1.82, 2.24) is 0 Å². The maximum atomic E-state index is 9.97. The van der Waals surface area contributed by atoms with Gasteiger partial charge in [0.1, 0.15) is 5.76 Å². The zero-order chi connectivity index (χ0) is 9.68. The summed E-state index contributed by atoms with van der Waals surface area (Å²) in [4.78, 5) is 9.47. The van der Waals surface area contributed by atoms with E-state index in [1.165, 1.54) is 6.08 Å². The van der Waals surface area contributed by atoms with Gasteiger partial charge in [0.2, 0.25) is 6.20 Å². The molecule has 0 radical (unpaired) electrons. The van der Waals surface area contributed by atoms with E-state index in [9.17, 15) is 10.1 Å². The molecule has 0 saturated carbocycles. The van der Waals surface area contributed by atoms with E-state index in [1.54, 1.807) is 31.4 Å². The predicted octanol–water partition coefficient (Wildman–Crippen LogP) is 2.47. The van der Waals surface area contributed by atoms with Gasteiger partial charge in [0.25, 0.3) is 0 Å². The molecule has 1 heterocycles. The average Bonchev–Trinajstić information content (AvgIpc) is 2.53. The first kappa shape index (κ1) is 9.25. The van der Waals surface area contributed by atoms with Crippen molar-refractivity contribution in [3.8, 4) is 0 Å². The van der Waals surface area contributed by atoms with Gasteiger partial charge in [-0.05, 0) is 30.7 Å². The van der Waals surface area contributed by atoms with E-state index in [-0.39, 0.29) is 0 Å². The first-order chi connectivity index (χ1) is 6.18. The molecule has 0 aromatic carbocycles. The summed E-state index contributed by atoms with van der Waals surface area (Å²) >= 11 is 0. The number of allylic oxidation sites excluding steroid dienone is 2. The minimum absolute atomic E-state index is 0.501. The smallest absolute Gasteiger partial charge is 0.234 e. The lowest BCUT2D eigenvalue weighted by atomic mass is 10.2. The van der Waals surface area contributed by atoms with Gasteiger partial charge in [0.15, 0.2) is 0 Å². The van der Waals surface area contributed by atoms with Crippen LogP contribution in [-0.2, 0) is 0 Å². The Morgan fingerprint density at radius 3 is 3.00 bits per heavy atom. The molecule has 0 N–H and O–H groups in total. The molecule has 1 aromatic rings. The number of hydrogen-bond acceptors (Lipinski definition) is 3. The van der Waals surface area contributed by atoms with E-state index in [0.29, 0.717) is 5.76 Å². The Hall–Kier alpha value is -1.84. The predicted molar refractivity (Wildman–Crippen MR) is 48.5 cm³/mol. The Balaban J connectivity index is 2.67. The minimum atomic E-state index is -0.501. The van der Waals surface area contributed by atoms with Crippen LogP contribution >= 0.6 is 0 Å². The van der Waals surface area contributed by atoms with Crippen LogP contribution in [-0.4, -0.2) is 4.92 Å². The second-order valence-corrected chi connectivity index (χ2v) is 2.50. The second-order valence-electron chi connectivity index (χ2n) is 2.50. The monoisotopic (exact) mass is 179 g/mol. The van der Waals surface area contributed by atoms with Crippen molar-refractivity contribution in [3.05, 3.63) is 52.1 Å². The zero-order valence-electron chi connectivity index (χ0n) is 7.14. The molecule has 68 valence electrons. The summed E-state index contributed by atoms with van der Waals surface area (Å²) in [6, 6.07) is 3.54. The van der Waals surface area contributed by atoms with E-state index in [2.05, 4.69) is 0 Å². The van der Waals surface area contributed by atoms with Crippen LogP contribution in [0.5, 0.6) is 0 Å². The number of hydrogen-bond donors (Lipinski definition) is 0. The van der Waals surface area contributed by atoms with Gasteiger partial charge in [0, 0.05) is 6.08 Å². The topological polar surface area (TPSA) is 56.3 Å². The average molecular weight is 179 g/mol. The minimum Gasteiger partial charge on any atom is -0.465 e. The lowest BCUT2D eigenvalue weighted by Gasteiger charge is -1.87. The van der Waals surface area contributed by atoms with Crippen LogP contribution in [0.25, 0.3) is 6.08 Å². The summed E-state index contributed by atoms with van der Waals surface area (Å²) in [6.45, 7) is 1.77. The molecule has 4 heteroatoms. The highest BCUT2D eigenvalue weighted by Gasteiger charge is 1.91. The molecule has 0 aliphatic heterocycles. The van der Waals surface area contributed by atoms with Crippen molar-refractivity contribution < 1.29 is 9.34 Å². The Labute approximate surface area is 75.3 Å². The van der Waals surface area contributed by atoms with Gasteiger partial charge in [-0.15, -0.1) is 0 Å². The van der Waals surface area contributed by atoms with Gasteiger partial charge in [-0.25, -0.2) is 0 Å². The number of furan rings is 1. The molecule has 0 saturated heterocycles. The van der Waals surface area contributed by atoms with Crippen molar-refractivity contribution in [2.45, 2.75) is 6.92 Å². The van der Waals surface area contributed by atoms with Gasteiger partial charge in [-0.3, -0.25) is 10.1 Å². The third-order valence-electron chi connectivity index (χ3n) is 1.37. The maximum absolute atomic E-state index is 9.97. The number of nitrogens with zero attached hydrogens (tertiary/aromatic N) is 1. The lowest BCUT2D eigenvalue weighted by molar-refractivity contribution is -0.402. The summed E-state index contributed by atoms with van der Waals surface area (Å²) in [7, 11) is 0. The molecule has 0 aliphatic rings. The summed E-state index contributed by atoms with van der Waals surface area (Å²) in [6.07, 6.45) is 5.59. The van der Waals surface area contributed by atoms with Gasteiger partial charge in [0.05, 0.1) is 11.2 Å². The molecule has 0 bridgehead atoms. The largest absolute Gasteiger partial charge is 0.465 e. The Kier molecular flexibility index (Phi) is 3.03. The fourth-order valence-electron chi connectivity index (χ4n) is 0.824. The second kappa shape index (κ2) is 4.25. The van der Waals surface area contributed by atoms with E-state index in [4.69, 9.17) is 4.42 Å². The molecule has 1 aromatic heterocycles. The first-order valence-corrected chi connectivity index (χ1v) is 3.72. The van der Waals surface area contributed by atoms with Crippen molar-refractivity contribution in [2.24, 2.45) is 0 Å². The highest BCUT2D eigenvalue weighted by molar-refractivity contribution is 5.49. The van der Waals surface area contributed by atoms with Crippen LogP contribution in [0.15, 0.2) is 40.7 Å². The third-order valence-corrected chi connectivity index (χ3v) is 1.37. The molecule has 0 amide bonds. The summed E-state index contributed by atoms with van der Waals surface area (Å²) in [5, 5.41) is 9.97. The quantitative estimate of drug-likeness (QED) is 0.407. The van der Waals surface area contributed by atoms with E-state index >= 15 is 0 Å². The lowest BCUT2D eigenvalue weighted by Crippen LogP contribution is -1.82. The van der Waals surface area contributed by atoms with Crippen LogP contribution in [0.4, 0.5) is 0 Å². The standard InChI is InChI=1S/C9H9NO3/c1-8(4-5-10(11)12)7-9-3-2-6-13-9/h2-7H,1H3/b5-4+,8-7+. The molecule has 0 atom stereocenters. The van der Waals surface area contributed by atoms with Crippen LogP contribution in [0.1, 0.15) is 12.7 Å². The van der Waals surface area contributed by atoms with Crippen LogP contribution in [0.3, 0.4) is 0 Å². The Bertz CT molecular complexity index is 336. The molecule has 1 rings (SSSR count). The molecule has 13 heavy (non-hydrogen) atoms. The maximum Gasteiger partial charge on any atom is 0.234 e. The molecule has 0 aliphatic carbocycles. The Morgan fingerprint density at radius 1 is 1.69 bits per heavy atom. The van der Waals surface area contributed by atoms with Gasteiger partial charge >= 0.3 is 0 Å². The fourth-order valence-corrected chi connectivity index (χ4v) is 0.824. The van der Waals surface area contributed by atoms with Crippen LogP contribution in [0.2, 0.25) is 0 Å². The van der Waals surface area contributed by atoms with Gasteiger partial charge in [-0.2, -0.15) is 0 Å². The van der Waals surface area contributed by atoms with E-state index in [1.807, 2.05) is 0 Å². The SMILES string of the molecule is CC(/C=C/[N+](=O)[O-])=C\c1ccco1. The van der Waals surface area contributed by atoms with Crippen molar-refractivity contribution in [1.29, 1.82) is 0 Å². The van der Waals surface area contributed by atoms with Gasteiger partial charge in [-0.1, -0.05) is 0 Å². The zero-order valence-corrected chi connectivity index (χ0v) is 7.14.